The number of hydrogen-bond acceptors (Lipinski definition) is 4. The molecule has 2 aromatic rings. The minimum Gasteiger partial charge on any atom is -0.351 e. The summed E-state index contributed by atoms with van der Waals surface area (Å²) >= 11 is 0. The highest BCUT2D eigenvalue weighted by atomic mass is 16.5. The zero-order chi connectivity index (χ0) is 12.3. The molecule has 0 saturated heterocycles. The first kappa shape index (κ1) is 11.4. The van der Waals surface area contributed by atoms with Gasteiger partial charge in [-0.05, 0) is 13.3 Å². The highest BCUT2D eigenvalue weighted by Crippen LogP contribution is 2.13. The monoisotopic (exact) mass is 234 g/mol. The fraction of sp³-hybridized carbons (Fsp3) is 0.364. The summed E-state index contributed by atoms with van der Waals surface area (Å²) in [6.45, 7) is 3.89. The molecule has 6 nitrogen and oxygen atoms in total. The summed E-state index contributed by atoms with van der Waals surface area (Å²) in [6, 6.07) is 1.37. The van der Waals surface area contributed by atoms with Crippen LogP contribution in [0.5, 0.6) is 0 Å². The van der Waals surface area contributed by atoms with Gasteiger partial charge in [-0.15, -0.1) is 0 Å². The molecule has 0 aliphatic heterocycles. The maximum absolute atomic E-state index is 11.8. The first-order chi connectivity index (χ1) is 8.20. The standard InChI is InChI=1S/C11H14N4O2/c1-3-8(10-12-6-7(2)14-10)15-11(16)9-4-5-13-17-9/h4-6,8H,3H2,1-2H3,(H,12,14)(H,15,16). The molecule has 2 aromatic heterocycles. The molecule has 0 spiro atoms. The maximum atomic E-state index is 11.8. The lowest BCUT2D eigenvalue weighted by molar-refractivity contribution is 0.0896. The average Bonchev–Trinajstić information content (AvgIpc) is 2.96. The number of aryl methyl sites for hydroxylation is 1. The second-order valence-corrected chi connectivity index (χ2v) is 3.76. The number of carbonyl (C=O) groups excluding carboxylic acids is 1. The fourth-order valence-electron chi connectivity index (χ4n) is 1.54. The largest absolute Gasteiger partial charge is 0.351 e. The summed E-state index contributed by atoms with van der Waals surface area (Å²) in [4.78, 5) is 19.1. The van der Waals surface area contributed by atoms with Crippen molar-refractivity contribution in [2.45, 2.75) is 26.3 Å². The van der Waals surface area contributed by atoms with Gasteiger partial charge in [0.2, 0.25) is 5.76 Å². The lowest BCUT2D eigenvalue weighted by Crippen LogP contribution is -2.28. The summed E-state index contributed by atoms with van der Waals surface area (Å²) < 4.78 is 4.79. The molecule has 0 aliphatic carbocycles. The summed E-state index contributed by atoms with van der Waals surface area (Å²) in [5.41, 5.74) is 0.965. The first-order valence-electron chi connectivity index (χ1n) is 5.43. The Morgan fingerprint density at radius 1 is 1.65 bits per heavy atom. The van der Waals surface area contributed by atoms with Gasteiger partial charge in [0.25, 0.3) is 5.91 Å². The molecule has 2 rings (SSSR count). The molecule has 1 unspecified atom stereocenters. The first-order valence-corrected chi connectivity index (χ1v) is 5.43. The third-order valence-electron chi connectivity index (χ3n) is 2.43. The molecular weight excluding hydrogens is 220 g/mol. The van der Waals surface area contributed by atoms with Gasteiger partial charge in [-0.2, -0.15) is 0 Å². The minimum absolute atomic E-state index is 0.152. The highest BCUT2D eigenvalue weighted by molar-refractivity contribution is 5.91. The minimum atomic E-state index is -0.289. The molecule has 2 N–H and O–H groups in total. The van der Waals surface area contributed by atoms with Crippen LogP contribution in [0.25, 0.3) is 0 Å². The van der Waals surface area contributed by atoms with Crippen molar-refractivity contribution in [3.63, 3.8) is 0 Å². The number of H-pyrrole nitrogens is 1. The van der Waals surface area contributed by atoms with Crippen LogP contribution in [0.3, 0.4) is 0 Å². The molecule has 6 heteroatoms. The number of imidazole rings is 1. The Balaban J connectivity index is 2.08. The molecule has 2 heterocycles. The van der Waals surface area contributed by atoms with E-state index < -0.39 is 0 Å². The quantitative estimate of drug-likeness (QED) is 0.841. The molecule has 0 fully saturated rings. The Morgan fingerprint density at radius 2 is 2.47 bits per heavy atom. The molecule has 1 amide bonds. The summed E-state index contributed by atoms with van der Waals surface area (Å²) in [5.74, 6) is 0.660. The molecule has 90 valence electrons. The molecule has 0 aromatic carbocycles. The summed E-state index contributed by atoms with van der Waals surface area (Å²) in [7, 11) is 0. The van der Waals surface area contributed by atoms with E-state index in [2.05, 4.69) is 20.4 Å². The van der Waals surface area contributed by atoms with Crippen LogP contribution in [0.2, 0.25) is 0 Å². The molecular formula is C11H14N4O2. The van der Waals surface area contributed by atoms with E-state index in [1.54, 1.807) is 6.20 Å². The van der Waals surface area contributed by atoms with Crippen LogP contribution < -0.4 is 5.32 Å². The lowest BCUT2D eigenvalue weighted by atomic mass is 10.2. The molecule has 1 atom stereocenters. The van der Waals surface area contributed by atoms with Crippen LogP contribution in [0.15, 0.2) is 23.0 Å². The third kappa shape index (κ3) is 2.52. The van der Waals surface area contributed by atoms with Crippen molar-refractivity contribution in [2.24, 2.45) is 0 Å². The van der Waals surface area contributed by atoms with Crippen LogP contribution in [0, 0.1) is 6.92 Å². The van der Waals surface area contributed by atoms with Crippen molar-refractivity contribution >= 4 is 5.91 Å². The molecule has 0 radical (unpaired) electrons. The normalized spacial score (nSPS) is 12.4. The molecule has 0 bridgehead atoms. The van der Waals surface area contributed by atoms with Crippen LogP contribution in [-0.2, 0) is 0 Å². The average molecular weight is 234 g/mol. The molecule has 0 aliphatic rings. The zero-order valence-corrected chi connectivity index (χ0v) is 9.73. The number of hydrogen-bond donors (Lipinski definition) is 2. The van der Waals surface area contributed by atoms with E-state index in [4.69, 9.17) is 4.52 Å². The van der Waals surface area contributed by atoms with Gasteiger partial charge in [-0.25, -0.2) is 4.98 Å². The number of rotatable bonds is 4. The molecule has 17 heavy (non-hydrogen) atoms. The van der Waals surface area contributed by atoms with Crippen molar-refractivity contribution in [3.8, 4) is 0 Å². The number of nitrogens with one attached hydrogen (secondary N) is 2. The van der Waals surface area contributed by atoms with E-state index in [0.29, 0.717) is 0 Å². The maximum Gasteiger partial charge on any atom is 0.290 e. The van der Waals surface area contributed by atoms with Crippen molar-refractivity contribution in [1.82, 2.24) is 20.4 Å². The van der Waals surface area contributed by atoms with Crippen LogP contribution in [0.1, 0.15) is 41.5 Å². The lowest BCUT2D eigenvalue weighted by Gasteiger charge is -2.13. The third-order valence-corrected chi connectivity index (χ3v) is 2.43. The van der Waals surface area contributed by atoms with E-state index in [0.717, 1.165) is 17.9 Å². The summed E-state index contributed by atoms with van der Waals surface area (Å²) in [6.07, 6.45) is 3.92. The van der Waals surface area contributed by atoms with E-state index in [9.17, 15) is 4.79 Å². The Kier molecular flexibility index (Phi) is 3.22. The van der Waals surface area contributed by atoms with Gasteiger partial charge < -0.3 is 14.8 Å². The molecule has 0 saturated carbocycles. The van der Waals surface area contributed by atoms with Crippen molar-refractivity contribution in [3.05, 3.63) is 35.7 Å². The second-order valence-electron chi connectivity index (χ2n) is 3.76. The number of aromatic amines is 1. The predicted molar refractivity (Wildman–Crippen MR) is 60.3 cm³/mol. The van der Waals surface area contributed by atoms with Gasteiger partial charge in [0, 0.05) is 18.0 Å². The van der Waals surface area contributed by atoms with Gasteiger partial charge >= 0.3 is 0 Å². The number of nitrogens with zero attached hydrogens (tertiary/aromatic N) is 2. The Hall–Kier alpha value is -2.11. The van der Waals surface area contributed by atoms with Crippen molar-refractivity contribution in [1.29, 1.82) is 0 Å². The Morgan fingerprint density at radius 3 is 3.00 bits per heavy atom. The second kappa shape index (κ2) is 4.82. The SMILES string of the molecule is CCC(NC(=O)c1ccno1)c1ncc(C)[nH]1. The van der Waals surface area contributed by atoms with E-state index in [1.165, 1.54) is 12.3 Å². The van der Waals surface area contributed by atoms with Gasteiger partial charge in [0.15, 0.2) is 0 Å². The van der Waals surface area contributed by atoms with Gasteiger partial charge in [-0.3, -0.25) is 4.79 Å². The van der Waals surface area contributed by atoms with E-state index >= 15 is 0 Å². The zero-order valence-electron chi connectivity index (χ0n) is 9.73. The Labute approximate surface area is 98.4 Å². The van der Waals surface area contributed by atoms with Crippen LogP contribution >= 0.6 is 0 Å². The number of aromatic nitrogens is 3. The fourth-order valence-corrected chi connectivity index (χ4v) is 1.54. The van der Waals surface area contributed by atoms with E-state index in [1.807, 2.05) is 13.8 Å². The number of carbonyl (C=O) groups is 1. The van der Waals surface area contributed by atoms with Crippen LogP contribution in [0.4, 0.5) is 0 Å². The van der Waals surface area contributed by atoms with Crippen molar-refractivity contribution in [2.75, 3.05) is 0 Å². The van der Waals surface area contributed by atoms with Gasteiger partial charge in [-0.1, -0.05) is 12.1 Å². The van der Waals surface area contributed by atoms with Gasteiger partial charge in [0.1, 0.15) is 5.82 Å². The Bertz CT molecular complexity index is 489. The van der Waals surface area contributed by atoms with Gasteiger partial charge in [0.05, 0.1) is 12.2 Å². The predicted octanol–water partition coefficient (Wildman–Crippen LogP) is 1.59. The van der Waals surface area contributed by atoms with Crippen LogP contribution in [-0.4, -0.2) is 21.0 Å². The van der Waals surface area contributed by atoms with E-state index in [-0.39, 0.29) is 17.7 Å². The highest BCUT2D eigenvalue weighted by Gasteiger charge is 2.18. The smallest absolute Gasteiger partial charge is 0.290 e. The topological polar surface area (TPSA) is 83.8 Å². The summed E-state index contributed by atoms with van der Waals surface area (Å²) in [5, 5.41) is 6.33. The van der Waals surface area contributed by atoms with Crippen molar-refractivity contribution < 1.29 is 9.32 Å². The number of amides is 1.